The van der Waals surface area contributed by atoms with Crippen molar-refractivity contribution in [2.24, 2.45) is 5.41 Å². The van der Waals surface area contributed by atoms with Crippen molar-refractivity contribution in [2.45, 2.75) is 39.3 Å². The Balaban J connectivity index is 1.37. The van der Waals surface area contributed by atoms with Gasteiger partial charge in [0.2, 0.25) is 0 Å². The lowest BCUT2D eigenvalue weighted by molar-refractivity contribution is 0.0813. The molecule has 0 N–H and O–H groups in total. The highest BCUT2D eigenvalue weighted by Crippen LogP contribution is 2.39. The Bertz CT molecular complexity index is 638. The minimum atomic E-state index is 0.483. The lowest BCUT2D eigenvalue weighted by atomic mass is 9.79. The van der Waals surface area contributed by atoms with Gasteiger partial charge in [-0.05, 0) is 56.8 Å². The summed E-state index contributed by atoms with van der Waals surface area (Å²) in [6, 6.07) is 4.19. The van der Waals surface area contributed by atoms with E-state index in [0.717, 1.165) is 24.6 Å². The maximum atomic E-state index is 5.77. The highest BCUT2D eigenvalue weighted by Gasteiger charge is 2.41. The van der Waals surface area contributed by atoms with Crippen LogP contribution in [0, 0.1) is 12.3 Å². The van der Waals surface area contributed by atoms with Crippen molar-refractivity contribution in [1.82, 2.24) is 14.8 Å². The third-order valence-corrected chi connectivity index (χ3v) is 6.04. The summed E-state index contributed by atoms with van der Waals surface area (Å²) in [7, 11) is 0. The van der Waals surface area contributed by atoms with Crippen LogP contribution in [0.15, 0.2) is 28.1 Å². The van der Waals surface area contributed by atoms with Gasteiger partial charge in [-0.25, -0.2) is 4.98 Å². The zero-order valence-corrected chi connectivity index (χ0v) is 14.6. The molecule has 0 aromatic carbocycles. The summed E-state index contributed by atoms with van der Waals surface area (Å²) in [5, 5.41) is 3.33. The number of aryl methyl sites for hydroxylation is 1. The van der Waals surface area contributed by atoms with Gasteiger partial charge in [-0.15, -0.1) is 11.3 Å². The van der Waals surface area contributed by atoms with Gasteiger partial charge >= 0.3 is 0 Å². The quantitative estimate of drug-likeness (QED) is 0.858. The fourth-order valence-electron chi connectivity index (χ4n) is 4.25. The molecular weight excluding hydrogens is 306 g/mol. The van der Waals surface area contributed by atoms with E-state index in [4.69, 9.17) is 4.42 Å². The molecular formula is C18H25N3OS. The molecule has 0 saturated carbocycles. The lowest BCUT2D eigenvalue weighted by Gasteiger charge is -2.40. The van der Waals surface area contributed by atoms with Gasteiger partial charge in [-0.3, -0.25) is 9.80 Å². The van der Waals surface area contributed by atoms with Crippen LogP contribution in [0.5, 0.6) is 0 Å². The fourth-order valence-corrected chi connectivity index (χ4v) is 4.91. The molecule has 0 amide bonds. The van der Waals surface area contributed by atoms with Crippen molar-refractivity contribution in [3.63, 3.8) is 0 Å². The SMILES string of the molecule is Cc1ccc(CN2CCC[C@@]3(CCN(Cc4nccs4)C3)C2)o1. The average Bonchev–Trinajstić information content (AvgIpc) is 3.24. The van der Waals surface area contributed by atoms with Crippen molar-refractivity contribution >= 4 is 11.3 Å². The van der Waals surface area contributed by atoms with E-state index in [1.807, 2.05) is 13.1 Å². The largest absolute Gasteiger partial charge is 0.465 e. The van der Waals surface area contributed by atoms with E-state index in [9.17, 15) is 0 Å². The number of thiazole rings is 1. The molecule has 2 saturated heterocycles. The van der Waals surface area contributed by atoms with Crippen LogP contribution in [0.2, 0.25) is 0 Å². The average molecular weight is 331 g/mol. The van der Waals surface area contributed by atoms with Crippen LogP contribution in [-0.4, -0.2) is 41.0 Å². The van der Waals surface area contributed by atoms with Crippen LogP contribution in [0.4, 0.5) is 0 Å². The second-order valence-corrected chi connectivity index (χ2v) is 8.19. The van der Waals surface area contributed by atoms with Gasteiger partial charge in [0.15, 0.2) is 0 Å². The summed E-state index contributed by atoms with van der Waals surface area (Å²) in [5.41, 5.74) is 0.483. The Morgan fingerprint density at radius 1 is 1.17 bits per heavy atom. The van der Waals surface area contributed by atoms with Crippen LogP contribution in [0.1, 0.15) is 35.8 Å². The first-order chi connectivity index (χ1) is 11.2. The zero-order chi connectivity index (χ0) is 15.7. The molecule has 0 unspecified atom stereocenters. The number of piperidine rings is 1. The molecule has 1 atom stereocenters. The summed E-state index contributed by atoms with van der Waals surface area (Å²) in [6.45, 7) is 8.86. The van der Waals surface area contributed by atoms with Gasteiger partial charge in [0.05, 0.1) is 13.1 Å². The molecule has 4 nitrogen and oxygen atoms in total. The predicted molar refractivity (Wildman–Crippen MR) is 92.4 cm³/mol. The molecule has 0 radical (unpaired) electrons. The second kappa shape index (κ2) is 6.38. The van der Waals surface area contributed by atoms with Crippen LogP contribution in [-0.2, 0) is 13.1 Å². The van der Waals surface area contributed by atoms with Gasteiger partial charge in [0, 0.05) is 24.7 Å². The van der Waals surface area contributed by atoms with Crippen molar-refractivity contribution in [2.75, 3.05) is 26.2 Å². The number of nitrogens with zero attached hydrogens (tertiary/aromatic N) is 3. The van der Waals surface area contributed by atoms with Crippen molar-refractivity contribution in [3.8, 4) is 0 Å². The molecule has 4 heterocycles. The topological polar surface area (TPSA) is 32.5 Å². The number of aromatic nitrogens is 1. The highest BCUT2D eigenvalue weighted by molar-refractivity contribution is 7.09. The van der Waals surface area contributed by atoms with Gasteiger partial charge in [0.1, 0.15) is 16.5 Å². The van der Waals surface area contributed by atoms with Crippen LogP contribution in [0.25, 0.3) is 0 Å². The molecule has 2 aliphatic rings. The Hall–Kier alpha value is -1.17. The molecule has 23 heavy (non-hydrogen) atoms. The van der Waals surface area contributed by atoms with Crippen molar-refractivity contribution in [1.29, 1.82) is 0 Å². The third kappa shape index (κ3) is 3.52. The molecule has 2 fully saturated rings. The molecule has 4 rings (SSSR count). The molecule has 124 valence electrons. The summed E-state index contributed by atoms with van der Waals surface area (Å²) < 4.78 is 5.77. The standard InChI is InChI=1S/C18H25N3OS/c1-15-3-4-16(22-15)11-20-8-2-5-18(13-20)6-9-21(14-18)12-17-19-7-10-23-17/h3-4,7,10H,2,5-6,8-9,11-14H2,1H3/t18-/m1/s1. The van der Waals surface area contributed by atoms with E-state index in [1.54, 1.807) is 11.3 Å². The number of hydrogen-bond acceptors (Lipinski definition) is 5. The van der Waals surface area contributed by atoms with E-state index >= 15 is 0 Å². The Kier molecular flexibility index (Phi) is 4.26. The first kappa shape index (κ1) is 15.4. The Morgan fingerprint density at radius 2 is 2.04 bits per heavy atom. The molecule has 2 aromatic heterocycles. The van der Waals surface area contributed by atoms with Crippen molar-refractivity contribution in [3.05, 3.63) is 40.2 Å². The van der Waals surface area contributed by atoms with E-state index in [-0.39, 0.29) is 0 Å². The fraction of sp³-hybridized carbons (Fsp3) is 0.611. The van der Waals surface area contributed by atoms with Crippen LogP contribution < -0.4 is 0 Å². The minimum Gasteiger partial charge on any atom is -0.465 e. The molecule has 2 aromatic rings. The first-order valence-corrected chi connectivity index (χ1v) is 9.47. The second-order valence-electron chi connectivity index (χ2n) is 7.21. The maximum Gasteiger partial charge on any atom is 0.118 e. The summed E-state index contributed by atoms with van der Waals surface area (Å²) in [6.07, 6.45) is 5.92. The number of furan rings is 1. The lowest BCUT2D eigenvalue weighted by Crippen LogP contribution is -2.44. The van der Waals surface area contributed by atoms with Gasteiger partial charge < -0.3 is 4.42 Å². The molecule has 0 aliphatic carbocycles. The van der Waals surface area contributed by atoms with E-state index < -0.39 is 0 Å². The van der Waals surface area contributed by atoms with Gasteiger partial charge in [0.25, 0.3) is 0 Å². The van der Waals surface area contributed by atoms with Gasteiger partial charge in [-0.1, -0.05) is 0 Å². The van der Waals surface area contributed by atoms with E-state index in [2.05, 4.69) is 32.3 Å². The van der Waals surface area contributed by atoms with Gasteiger partial charge in [-0.2, -0.15) is 0 Å². The summed E-state index contributed by atoms with van der Waals surface area (Å²) in [5.74, 6) is 2.12. The van der Waals surface area contributed by atoms with E-state index in [0.29, 0.717) is 5.41 Å². The minimum absolute atomic E-state index is 0.483. The first-order valence-electron chi connectivity index (χ1n) is 8.59. The summed E-state index contributed by atoms with van der Waals surface area (Å²) >= 11 is 1.77. The third-order valence-electron chi connectivity index (χ3n) is 5.28. The Morgan fingerprint density at radius 3 is 2.78 bits per heavy atom. The highest BCUT2D eigenvalue weighted by atomic mass is 32.1. The maximum absolute atomic E-state index is 5.77. The summed E-state index contributed by atoms with van der Waals surface area (Å²) in [4.78, 5) is 9.63. The predicted octanol–water partition coefficient (Wildman–Crippen LogP) is 3.53. The smallest absolute Gasteiger partial charge is 0.118 e. The zero-order valence-electron chi connectivity index (χ0n) is 13.8. The van der Waals surface area contributed by atoms with E-state index in [1.165, 1.54) is 50.4 Å². The van der Waals surface area contributed by atoms with Crippen LogP contribution in [0.3, 0.4) is 0 Å². The van der Waals surface area contributed by atoms with Crippen molar-refractivity contribution < 1.29 is 4.42 Å². The number of likely N-dealkylation sites (tertiary alicyclic amines) is 2. The van der Waals surface area contributed by atoms with Crippen LogP contribution >= 0.6 is 11.3 Å². The molecule has 1 spiro atoms. The molecule has 5 heteroatoms. The molecule has 2 aliphatic heterocycles. The Labute approximate surface area is 142 Å². The number of rotatable bonds is 4. The monoisotopic (exact) mass is 331 g/mol. The number of hydrogen-bond donors (Lipinski definition) is 0. The molecule has 0 bridgehead atoms. The normalized spacial score (nSPS) is 26.3.